The second-order valence-electron chi connectivity index (χ2n) is 3.87. The molecule has 100 valence electrons. The van der Waals surface area contributed by atoms with Gasteiger partial charge in [-0.2, -0.15) is 5.10 Å². The summed E-state index contributed by atoms with van der Waals surface area (Å²) in [4.78, 5) is 11.6. The minimum absolute atomic E-state index is 0.259. The summed E-state index contributed by atoms with van der Waals surface area (Å²) in [6.45, 7) is 3.61. The Morgan fingerprint density at radius 1 is 1.37 bits per heavy atom. The van der Waals surface area contributed by atoms with E-state index < -0.39 is 17.6 Å². The third kappa shape index (κ3) is 2.47. The van der Waals surface area contributed by atoms with Crippen LogP contribution in [0.2, 0.25) is 0 Å². The number of ether oxygens (including phenoxy) is 1. The van der Waals surface area contributed by atoms with E-state index in [4.69, 9.17) is 4.74 Å². The summed E-state index contributed by atoms with van der Waals surface area (Å²) in [6, 6.07) is 3.41. The fourth-order valence-corrected chi connectivity index (χ4v) is 1.70. The van der Waals surface area contributed by atoms with Crippen molar-refractivity contribution in [3.63, 3.8) is 0 Å². The number of rotatable bonds is 3. The molecule has 0 aliphatic heterocycles. The number of benzene rings is 1. The second kappa shape index (κ2) is 5.17. The molecule has 0 unspecified atom stereocenters. The molecule has 0 fully saturated rings. The highest BCUT2D eigenvalue weighted by Gasteiger charge is 2.16. The largest absolute Gasteiger partial charge is 0.462 e. The highest BCUT2D eigenvalue weighted by molar-refractivity contribution is 5.90. The van der Waals surface area contributed by atoms with Crippen molar-refractivity contribution in [2.45, 2.75) is 13.8 Å². The Bertz CT molecular complexity index is 623. The molecular weight excluding hydrogens is 254 g/mol. The average molecular weight is 266 g/mol. The Labute approximate surface area is 108 Å². The van der Waals surface area contributed by atoms with E-state index in [0.29, 0.717) is 16.9 Å². The number of aromatic nitrogens is 2. The van der Waals surface area contributed by atoms with Gasteiger partial charge in [0, 0.05) is 6.07 Å². The van der Waals surface area contributed by atoms with Gasteiger partial charge in [0.25, 0.3) is 0 Å². The van der Waals surface area contributed by atoms with Crippen LogP contribution in [-0.4, -0.2) is 22.4 Å². The first-order valence-corrected chi connectivity index (χ1v) is 5.71. The van der Waals surface area contributed by atoms with Crippen LogP contribution in [0.15, 0.2) is 24.4 Å². The van der Waals surface area contributed by atoms with Gasteiger partial charge in [-0.15, -0.1) is 0 Å². The van der Waals surface area contributed by atoms with Crippen molar-refractivity contribution in [1.82, 2.24) is 9.78 Å². The van der Waals surface area contributed by atoms with Crippen LogP contribution in [0.25, 0.3) is 5.69 Å². The first kappa shape index (κ1) is 13.2. The lowest BCUT2D eigenvalue weighted by molar-refractivity contribution is 0.0525. The van der Waals surface area contributed by atoms with Gasteiger partial charge in [0.05, 0.1) is 24.2 Å². The lowest BCUT2D eigenvalue weighted by atomic mass is 10.2. The van der Waals surface area contributed by atoms with Crippen LogP contribution < -0.4 is 0 Å². The van der Waals surface area contributed by atoms with Crippen molar-refractivity contribution >= 4 is 5.97 Å². The summed E-state index contributed by atoms with van der Waals surface area (Å²) in [7, 11) is 0. The molecule has 2 rings (SSSR count). The van der Waals surface area contributed by atoms with Crippen molar-refractivity contribution < 1.29 is 18.3 Å². The molecule has 1 heterocycles. The van der Waals surface area contributed by atoms with Gasteiger partial charge in [0.1, 0.15) is 5.56 Å². The van der Waals surface area contributed by atoms with Crippen LogP contribution in [-0.2, 0) is 4.74 Å². The fraction of sp³-hybridized carbons (Fsp3) is 0.231. The Balaban J connectivity index is 2.41. The summed E-state index contributed by atoms with van der Waals surface area (Å²) in [5, 5.41) is 3.99. The summed E-state index contributed by atoms with van der Waals surface area (Å²) in [6.07, 6.45) is 1.34. The summed E-state index contributed by atoms with van der Waals surface area (Å²) < 4.78 is 32.3. The third-order valence-corrected chi connectivity index (χ3v) is 2.65. The minimum atomic E-state index is -0.968. The van der Waals surface area contributed by atoms with Crippen LogP contribution in [0.1, 0.15) is 23.0 Å². The second-order valence-corrected chi connectivity index (χ2v) is 3.87. The Kier molecular flexibility index (Phi) is 3.59. The van der Waals surface area contributed by atoms with Crippen LogP contribution in [0.5, 0.6) is 0 Å². The molecule has 1 aromatic heterocycles. The standard InChI is InChI=1S/C13H12F2N2O2/c1-3-19-13(18)10-7-16-17(8(10)2)9-4-5-11(14)12(15)6-9/h4-7H,3H2,1-2H3. The fourth-order valence-electron chi connectivity index (χ4n) is 1.70. The Hall–Kier alpha value is -2.24. The van der Waals surface area contributed by atoms with Crippen molar-refractivity contribution in [2.24, 2.45) is 0 Å². The number of carbonyl (C=O) groups is 1. The van der Waals surface area contributed by atoms with Crippen LogP contribution >= 0.6 is 0 Å². The topological polar surface area (TPSA) is 44.1 Å². The normalized spacial score (nSPS) is 10.5. The van der Waals surface area contributed by atoms with Crippen LogP contribution in [0, 0.1) is 18.6 Å². The van der Waals surface area contributed by atoms with Crippen LogP contribution in [0.4, 0.5) is 8.78 Å². The maximum absolute atomic E-state index is 13.2. The van der Waals surface area contributed by atoms with Crippen molar-refractivity contribution in [3.05, 3.63) is 47.3 Å². The maximum Gasteiger partial charge on any atom is 0.341 e. The molecule has 0 aliphatic carbocycles. The SMILES string of the molecule is CCOC(=O)c1cnn(-c2ccc(F)c(F)c2)c1C. The lowest BCUT2D eigenvalue weighted by Gasteiger charge is -2.06. The van der Waals surface area contributed by atoms with E-state index in [1.807, 2.05) is 0 Å². The van der Waals surface area contributed by atoms with Gasteiger partial charge in [-0.1, -0.05) is 0 Å². The molecule has 4 nitrogen and oxygen atoms in total. The number of hydrogen-bond donors (Lipinski definition) is 0. The summed E-state index contributed by atoms with van der Waals surface area (Å²) >= 11 is 0. The molecule has 19 heavy (non-hydrogen) atoms. The van der Waals surface area contributed by atoms with E-state index in [1.165, 1.54) is 16.9 Å². The molecule has 0 aliphatic rings. The molecule has 0 spiro atoms. The zero-order valence-corrected chi connectivity index (χ0v) is 10.5. The van der Waals surface area contributed by atoms with Gasteiger partial charge < -0.3 is 4.74 Å². The number of carbonyl (C=O) groups excluding carboxylic acids is 1. The molecule has 0 saturated carbocycles. The summed E-state index contributed by atoms with van der Waals surface area (Å²) in [5.41, 5.74) is 1.14. The predicted octanol–water partition coefficient (Wildman–Crippen LogP) is 2.64. The predicted molar refractivity (Wildman–Crippen MR) is 64.2 cm³/mol. The van der Waals surface area contributed by atoms with Crippen molar-refractivity contribution in [3.8, 4) is 5.69 Å². The summed E-state index contributed by atoms with van der Waals surface area (Å²) in [5.74, 6) is -2.39. The highest BCUT2D eigenvalue weighted by atomic mass is 19.2. The van der Waals surface area contributed by atoms with E-state index in [0.717, 1.165) is 12.1 Å². The maximum atomic E-state index is 13.2. The molecule has 1 aromatic carbocycles. The lowest BCUT2D eigenvalue weighted by Crippen LogP contribution is -2.07. The Morgan fingerprint density at radius 2 is 2.11 bits per heavy atom. The highest BCUT2D eigenvalue weighted by Crippen LogP contribution is 2.17. The molecule has 0 radical (unpaired) electrons. The first-order chi connectivity index (χ1) is 9.04. The monoisotopic (exact) mass is 266 g/mol. The van der Waals surface area contributed by atoms with Gasteiger partial charge >= 0.3 is 5.97 Å². The van der Waals surface area contributed by atoms with Gasteiger partial charge in [0.2, 0.25) is 0 Å². The molecule has 0 saturated heterocycles. The minimum Gasteiger partial charge on any atom is -0.462 e. The van der Waals surface area contributed by atoms with E-state index in [-0.39, 0.29) is 6.61 Å². The number of hydrogen-bond acceptors (Lipinski definition) is 3. The van der Waals surface area contributed by atoms with Gasteiger partial charge in [-0.3, -0.25) is 0 Å². The van der Waals surface area contributed by atoms with Crippen molar-refractivity contribution in [1.29, 1.82) is 0 Å². The smallest absolute Gasteiger partial charge is 0.341 e. The molecule has 0 amide bonds. The van der Waals surface area contributed by atoms with Gasteiger partial charge in [-0.25, -0.2) is 18.3 Å². The first-order valence-electron chi connectivity index (χ1n) is 5.71. The van der Waals surface area contributed by atoms with E-state index >= 15 is 0 Å². The molecule has 0 bridgehead atoms. The quantitative estimate of drug-likeness (QED) is 0.802. The third-order valence-electron chi connectivity index (χ3n) is 2.65. The zero-order valence-electron chi connectivity index (χ0n) is 10.5. The molecular formula is C13H12F2N2O2. The van der Waals surface area contributed by atoms with Crippen molar-refractivity contribution in [2.75, 3.05) is 6.61 Å². The van der Waals surface area contributed by atoms with Gasteiger partial charge in [-0.05, 0) is 26.0 Å². The van der Waals surface area contributed by atoms with Gasteiger partial charge in [0.15, 0.2) is 11.6 Å². The van der Waals surface area contributed by atoms with E-state index in [9.17, 15) is 13.6 Å². The molecule has 0 N–H and O–H groups in total. The van der Waals surface area contributed by atoms with E-state index in [2.05, 4.69) is 5.10 Å². The number of esters is 1. The zero-order chi connectivity index (χ0) is 14.0. The molecule has 0 atom stereocenters. The van der Waals surface area contributed by atoms with Crippen LogP contribution in [0.3, 0.4) is 0 Å². The molecule has 6 heteroatoms. The molecule has 2 aromatic rings. The number of nitrogens with zero attached hydrogens (tertiary/aromatic N) is 2. The average Bonchev–Trinajstić information content (AvgIpc) is 2.75. The van der Waals surface area contributed by atoms with E-state index in [1.54, 1.807) is 13.8 Å². The Morgan fingerprint density at radius 3 is 2.74 bits per heavy atom. The number of halogens is 2.